The van der Waals surface area contributed by atoms with Crippen molar-refractivity contribution < 1.29 is 36.5 Å². The quantitative estimate of drug-likeness (QED) is 0.224. The number of hydrogen-bond acceptors (Lipinski definition) is 11. The van der Waals surface area contributed by atoms with Gasteiger partial charge in [-0.2, -0.15) is 4.72 Å². The van der Waals surface area contributed by atoms with Gasteiger partial charge in [-0.15, -0.1) is 5.06 Å². The highest BCUT2D eigenvalue weighted by Gasteiger charge is 2.40. The summed E-state index contributed by atoms with van der Waals surface area (Å²) in [7, 11) is -8.21. The van der Waals surface area contributed by atoms with E-state index in [9.17, 15) is 26.4 Å². The first kappa shape index (κ1) is 26.5. The number of fused-ring (bicyclic) bond motifs is 1. The third kappa shape index (κ3) is 5.54. The van der Waals surface area contributed by atoms with E-state index in [1.165, 1.54) is 35.8 Å². The summed E-state index contributed by atoms with van der Waals surface area (Å²) >= 11 is 0.871. The standard InChI is InChI=1S/C20H25N5O8S3/c26-19(22-28)15(5-3-11-25-20(27)14-4-1-2-6-16(14)36(25,31)32)23-35(29,30)18-8-7-17(34-18)33-24-12-9-21-10-13-24/h1-2,4,6-8,15,21,23,28H,3,5,9-13H2,(H,22,26)/t15-/m1/s1. The molecule has 16 heteroatoms. The Hall–Kier alpha value is -2.60. The molecular weight excluding hydrogens is 534 g/mol. The maximum Gasteiger partial charge on any atom is 0.269 e. The lowest BCUT2D eigenvalue weighted by molar-refractivity contribution is -0.131. The second kappa shape index (κ2) is 10.8. The number of hydrogen-bond donors (Lipinski definition) is 4. The lowest BCUT2D eigenvalue weighted by atomic mass is 10.1. The molecule has 0 aliphatic carbocycles. The van der Waals surface area contributed by atoms with Gasteiger partial charge in [0.05, 0.1) is 5.56 Å². The van der Waals surface area contributed by atoms with Crippen molar-refractivity contribution in [3.63, 3.8) is 0 Å². The lowest BCUT2D eigenvalue weighted by Gasteiger charge is -2.25. The Morgan fingerprint density at radius 2 is 1.92 bits per heavy atom. The van der Waals surface area contributed by atoms with Crippen LogP contribution < -0.4 is 20.4 Å². The van der Waals surface area contributed by atoms with Gasteiger partial charge < -0.3 is 10.2 Å². The van der Waals surface area contributed by atoms with Crippen molar-refractivity contribution in [2.75, 3.05) is 32.7 Å². The van der Waals surface area contributed by atoms with Gasteiger partial charge in [0, 0.05) is 32.7 Å². The van der Waals surface area contributed by atoms with Crippen molar-refractivity contribution in [1.82, 2.24) is 24.9 Å². The van der Waals surface area contributed by atoms with Gasteiger partial charge in [0.2, 0.25) is 5.06 Å². The number of carbonyl (C=O) groups is 2. The minimum Gasteiger partial charge on any atom is -0.395 e. The fourth-order valence-corrected chi connectivity index (χ4v) is 7.83. The molecule has 2 aliphatic heterocycles. The Kier molecular flexibility index (Phi) is 7.93. The van der Waals surface area contributed by atoms with Gasteiger partial charge in [-0.3, -0.25) is 14.8 Å². The average Bonchev–Trinajstić information content (AvgIpc) is 3.41. The minimum atomic E-state index is -4.17. The zero-order valence-corrected chi connectivity index (χ0v) is 21.4. The number of amides is 2. The Labute approximate surface area is 212 Å². The van der Waals surface area contributed by atoms with E-state index in [0.717, 1.165) is 24.4 Å². The maximum absolute atomic E-state index is 12.9. The monoisotopic (exact) mass is 559 g/mol. The van der Waals surface area contributed by atoms with Gasteiger partial charge in [0.1, 0.15) is 15.1 Å². The molecule has 3 heterocycles. The summed E-state index contributed by atoms with van der Waals surface area (Å²) in [6, 6.07) is 7.23. The summed E-state index contributed by atoms with van der Waals surface area (Å²) < 4.78 is 54.0. The molecular formula is C20H25N5O8S3. The van der Waals surface area contributed by atoms with Crippen molar-refractivity contribution in [2.45, 2.75) is 28.0 Å². The minimum absolute atomic E-state index is 0.0403. The van der Waals surface area contributed by atoms with Crippen LogP contribution in [0.25, 0.3) is 0 Å². The highest BCUT2D eigenvalue weighted by molar-refractivity contribution is 7.91. The molecule has 0 saturated carbocycles. The fourth-order valence-electron chi connectivity index (χ4n) is 3.82. The molecule has 1 saturated heterocycles. The highest BCUT2D eigenvalue weighted by Crippen LogP contribution is 2.31. The van der Waals surface area contributed by atoms with Gasteiger partial charge in [0.25, 0.3) is 31.9 Å². The third-order valence-corrected chi connectivity index (χ3v) is 10.4. The number of carbonyl (C=O) groups excluding carboxylic acids is 2. The normalized spacial score (nSPS) is 18.6. The summed E-state index contributed by atoms with van der Waals surface area (Å²) in [5, 5.41) is 14.3. The van der Waals surface area contributed by atoms with Crippen molar-refractivity contribution in [3.8, 4) is 5.06 Å². The first-order chi connectivity index (χ1) is 17.1. The molecule has 1 aromatic carbocycles. The number of sulfonamides is 2. The van der Waals surface area contributed by atoms with Gasteiger partial charge in [-0.25, -0.2) is 26.6 Å². The molecule has 4 N–H and O–H groups in total. The zero-order chi connectivity index (χ0) is 25.9. The number of benzene rings is 1. The highest BCUT2D eigenvalue weighted by atomic mass is 32.2. The van der Waals surface area contributed by atoms with Gasteiger partial charge in [-0.1, -0.05) is 23.5 Å². The molecule has 1 atom stereocenters. The van der Waals surface area contributed by atoms with Crippen LogP contribution in [0.3, 0.4) is 0 Å². The summed E-state index contributed by atoms with van der Waals surface area (Å²) in [6.45, 7) is 2.49. The molecule has 0 unspecified atom stereocenters. The fraction of sp³-hybridized carbons (Fsp3) is 0.400. The SMILES string of the molecule is O=C(NO)[C@@H](CCCN1C(=O)c2ccccc2S1(=O)=O)NS(=O)(=O)c1ccc(ON2CCNCC2)s1. The topological polar surface area (TPSA) is 174 Å². The van der Waals surface area contributed by atoms with Crippen molar-refractivity contribution in [1.29, 1.82) is 0 Å². The van der Waals surface area contributed by atoms with Crippen molar-refractivity contribution in [2.24, 2.45) is 0 Å². The third-order valence-electron chi connectivity index (χ3n) is 5.61. The van der Waals surface area contributed by atoms with Crippen molar-refractivity contribution >= 4 is 43.2 Å². The molecule has 2 aromatic rings. The van der Waals surface area contributed by atoms with Crippen LogP contribution in [-0.2, 0) is 24.8 Å². The second-order valence-corrected chi connectivity index (χ2v) is 12.8. The van der Waals surface area contributed by atoms with E-state index < -0.39 is 37.9 Å². The van der Waals surface area contributed by atoms with Crippen LogP contribution in [0.15, 0.2) is 45.5 Å². The van der Waals surface area contributed by atoms with Gasteiger partial charge >= 0.3 is 0 Å². The molecule has 2 aliphatic rings. The summed E-state index contributed by atoms with van der Waals surface area (Å²) in [5.41, 5.74) is 1.47. The number of piperazine rings is 1. The zero-order valence-electron chi connectivity index (χ0n) is 18.9. The smallest absolute Gasteiger partial charge is 0.269 e. The Morgan fingerprint density at radius 3 is 2.61 bits per heavy atom. The average molecular weight is 560 g/mol. The van der Waals surface area contributed by atoms with E-state index in [1.54, 1.807) is 11.1 Å². The maximum atomic E-state index is 12.9. The van der Waals surface area contributed by atoms with Crippen LogP contribution in [0.1, 0.15) is 23.2 Å². The molecule has 2 amide bonds. The van der Waals surface area contributed by atoms with E-state index in [-0.39, 0.29) is 34.1 Å². The largest absolute Gasteiger partial charge is 0.395 e. The van der Waals surface area contributed by atoms with E-state index >= 15 is 0 Å². The Balaban J connectivity index is 1.40. The molecule has 1 aromatic heterocycles. The van der Waals surface area contributed by atoms with Crippen LogP contribution in [0.2, 0.25) is 0 Å². The van der Waals surface area contributed by atoms with E-state index in [4.69, 9.17) is 10.0 Å². The second-order valence-electron chi connectivity index (χ2n) is 8.01. The van der Waals surface area contributed by atoms with E-state index in [2.05, 4.69) is 10.0 Å². The van der Waals surface area contributed by atoms with E-state index in [0.29, 0.717) is 22.5 Å². The number of nitrogens with one attached hydrogen (secondary N) is 3. The molecule has 0 spiro atoms. The summed E-state index contributed by atoms with van der Waals surface area (Å²) in [6.07, 6.45) is -0.224. The predicted molar refractivity (Wildman–Crippen MR) is 127 cm³/mol. The molecule has 1 fully saturated rings. The predicted octanol–water partition coefficient (Wildman–Crippen LogP) is -0.276. The molecule has 4 rings (SSSR count). The number of thiophene rings is 1. The Morgan fingerprint density at radius 1 is 1.19 bits per heavy atom. The summed E-state index contributed by atoms with van der Waals surface area (Å²) in [4.78, 5) is 30.3. The molecule has 196 valence electrons. The molecule has 36 heavy (non-hydrogen) atoms. The number of rotatable bonds is 10. The van der Waals surface area contributed by atoms with Gasteiger partial charge in [0.15, 0.2) is 0 Å². The Bertz CT molecular complexity index is 1340. The van der Waals surface area contributed by atoms with Crippen LogP contribution in [0, 0.1) is 0 Å². The molecule has 13 nitrogen and oxygen atoms in total. The van der Waals surface area contributed by atoms with Crippen LogP contribution in [0.4, 0.5) is 0 Å². The van der Waals surface area contributed by atoms with Crippen LogP contribution in [0.5, 0.6) is 5.06 Å². The summed E-state index contributed by atoms with van der Waals surface area (Å²) in [5.74, 6) is -1.71. The lowest BCUT2D eigenvalue weighted by Crippen LogP contribution is -2.46. The first-order valence-corrected chi connectivity index (χ1v) is 14.7. The number of nitrogens with zero attached hydrogens (tertiary/aromatic N) is 2. The first-order valence-electron chi connectivity index (χ1n) is 11.0. The van der Waals surface area contributed by atoms with Gasteiger partial charge in [-0.05, 0) is 37.1 Å². The molecule has 0 bridgehead atoms. The van der Waals surface area contributed by atoms with Crippen LogP contribution >= 0.6 is 11.3 Å². The van der Waals surface area contributed by atoms with E-state index in [1.807, 2.05) is 0 Å². The molecule has 0 radical (unpaired) electrons. The number of hydroxylamine groups is 3. The van der Waals surface area contributed by atoms with Crippen molar-refractivity contribution in [3.05, 3.63) is 42.0 Å². The van der Waals surface area contributed by atoms with Crippen LogP contribution in [-0.4, -0.2) is 82.0 Å².